The second-order valence-corrected chi connectivity index (χ2v) is 1.63. The molecule has 0 fully saturated rings. The van der Waals surface area contributed by atoms with E-state index in [0.29, 0.717) is 6.42 Å². The highest BCUT2D eigenvalue weighted by Gasteiger charge is 2.02. The molecule has 1 aliphatic rings. The van der Waals surface area contributed by atoms with Crippen molar-refractivity contribution in [1.29, 1.82) is 0 Å². The van der Waals surface area contributed by atoms with Crippen molar-refractivity contribution in [3.05, 3.63) is 30.1 Å². The standard InChI is InChI=1S/C6H7O2.C2H6/c7-5-3-1-2-4-6(5)8;1-2/h1-3,7-8H,4H2;1-2H3. The van der Waals surface area contributed by atoms with Crippen molar-refractivity contribution in [3.8, 4) is 0 Å². The highest BCUT2D eigenvalue weighted by atomic mass is 16.3. The van der Waals surface area contributed by atoms with Crippen LogP contribution in [0.15, 0.2) is 23.7 Å². The van der Waals surface area contributed by atoms with Gasteiger partial charge in [-0.15, -0.1) is 0 Å². The van der Waals surface area contributed by atoms with Crippen LogP contribution in [-0.4, -0.2) is 10.2 Å². The van der Waals surface area contributed by atoms with E-state index in [4.69, 9.17) is 10.2 Å². The van der Waals surface area contributed by atoms with Crippen LogP contribution in [0.5, 0.6) is 0 Å². The van der Waals surface area contributed by atoms with Crippen LogP contribution in [0.2, 0.25) is 0 Å². The molecule has 10 heavy (non-hydrogen) atoms. The van der Waals surface area contributed by atoms with Gasteiger partial charge in [-0.3, -0.25) is 0 Å². The van der Waals surface area contributed by atoms with E-state index < -0.39 is 0 Å². The molecule has 0 aromatic carbocycles. The molecule has 0 atom stereocenters. The molecule has 1 aliphatic carbocycles. The molecule has 0 saturated carbocycles. The predicted octanol–water partition coefficient (Wildman–Crippen LogP) is 2.50. The second kappa shape index (κ2) is 4.91. The molecular weight excluding hydrogens is 128 g/mol. The first-order valence-corrected chi connectivity index (χ1v) is 3.41. The molecule has 0 aliphatic heterocycles. The molecule has 2 nitrogen and oxygen atoms in total. The van der Waals surface area contributed by atoms with Crippen molar-refractivity contribution < 1.29 is 10.2 Å². The summed E-state index contributed by atoms with van der Waals surface area (Å²) in [6.07, 6.45) is 5.38. The Kier molecular flexibility index (Phi) is 4.46. The molecule has 0 unspecified atom stereocenters. The first kappa shape index (κ1) is 9.08. The maximum atomic E-state index is 8.72. The molecule has 0 spiro atoms. The first-order valence-electron chi connectivity index (χ1n) is 3.41. The average Bonchev–Trinajstić information content (AvgIpc) is 2.00. The summed E-state index contributed by atoms with van der Waals surface area (Å²) in [6.45, 7) is 4.00. The van der Waals surface area contributed by atoms with Gasteiger partial charge in [-0.05, 0) is 12.5 Å². The molecular formula is C8H13O2. The zero-order valence-electron chi connectivity index (χ0n) is 6.33. The summed E-state index contributed by atoms with van der Waals surface area (Å²) in [5.74, 6) is 0.0278. The molecule has 0 amide bonds. The third-order valence-corrected chi connectivity index (χ3v) is 0.997. The second-order valence-electron chi connectivity index (χ2n) is 1.63. The van der Waals surface area contributed by atoms with Gasteiger partial charge < -0.3 is 10.2 Å². The molecule has 1 radical (unpaired) electrons. The number of rotatable bonds is 0. The zero-order chi connectivity index (χ0) is 7.98. The highest BCUT2D eigenvalue weighted by Crippen LogP contribution is 2.11. The van der Waals surface area contributed by atoms with E-state index in [9.17, 15) is 0 Å². The molecule has 0 aromatic rings. The maximum absolute atomic E-state index is 8.72. The van der Waals surface area contributed by atoms with Gasteiger partial charge in [0, 0.05) is 6.42 Å². The molecule has 1 rings (SSSR count). The van der Waals surface area contributed by atoms with Crippen LogP contribution in [0.1, 0.15) is 20.3 Å². The van der Waals surface area contributed by atoms with Crippen molar-refractivity contribution in [2.45, 2.75) is 20.3 Å². The van der Waals surface area contributed by atoms with Crippen LogP contribution >= 0.6 is 0 Å². The van der Waals surface area contributed by atoms with Gasteiger partial charge in [0.15, 0.2) is 5.76 Å². The fraction of sp³-hybridized carbons (Fsp3) is 0.375. The normalized spacial score (nSPS) is 16.2. The number of aliphatic hydroxyl groups is 2. The van der Waals surface area contributed by atoms with E-state index in [0.717, 1.165) is 0 Å². The fourth-order valence-electron chi connectivity index (χ4n) is 0.540. The van der Waals surface area contributed by atoms with Crippen LogP contribution in [0.4, 0.5) is 0 Å². The average molecular weight is 141 g/mol. The number of aliphatic hydroxyl groups excluding tert-OH is 2. The van der Waals surface area contributed by atoms with E-state index in [-0.39, 0.29) is 11.5 Å². The van der Waals surface area contributed by atoms with Crippen molar-refractivity contribution in [3.63, 3.8) is 0 Å². The van der Waals surface area contributed by atoms with Crippen molar-refractivity contribution in [2.75, 3.05) is 0 Å². The minimum atomic E-state index is -0.0208. The Labute approximate surface area is 61.5 Å². The summed E-state index contributed by atoms with van der Waals surface area (Å²) in [4.78, 5) is 0. The van der Waals surface area contributed by atoms with Gasteiger partial charge in [-0.25, -0.2) is 0 Å². The summed E-state index contributed by atoms with van der Waals surface area (Å²) in [7, 11) is 0. The van der Waals surface area contributed by atoms with Crippen molar-refractivity contribution >= 4 is 0 Å². The Bertz CT molecular complexity index is 145. The van der Waals surface area contributed by atoms with Crippen molar-refractivity contribution in [2.24, 2.45) is 0 Å². The lowest BCUT2D eigenvalue weighted by molar-refractivity contribution is 0.326. The summed E-state index contributed by atoms with van der Waals surface area (Å²) in [6, 6.07) is 0. The summed E-state index contributed by atoms with van der Waals surface area (Å²) in [5.41, 5.74) is 0. The lowest BCUT2D eigenvalue weighted by Crippen LogP contribution is -1.92. The molecule has 0 heterocycles. The summed E-state index contributed by atoms with van der Waals surface area (Å²) >= 11 is 0. The Hall–Kier alpha value is -0.920. The molecule has 0 aromatic heterocycles. The first-order chi connectivity index (χ1) is 4.80. The van der Waals surface area contributed by atoms with Gasteiger partial charge >= 0.3 is 0 Å². The van der Waals surface area contributed by atoms with Gasteiger partial charge in [0.1, 0.15) is 5.76 Å². The molecule has 0 saturated heterocycles. The monoisotopic (exact) mass is 141 g/mol. The quantitative estimate of drug-likeness (QED) is 0.544. The number of hydrogen-bond donors (Lipinski definition) is 2. The SMILES string of the molecule is CC.OC1=C(O)C[CH]C=C1. The third kappa shape index (κ3) is 2.58. The molecule has 57 valence electrons. The topological polar surface area (TPSA) is 40.5 Å². The Balaban J connectivity index is 0.000000371. The Morgan fingerprint density at radius 2 is 1.90 bits per heavy atom. The van der Waals surface area contributed by atoms with Gasteiger partial charge in [0.25, 0.3) is 0 Å². The summed E-state index contributed by atoms with van der Waals surface area (Å²) < 4.78 is 0. The lowest BCUT2D eigenvalue weighted by Gasteiger charge is -2.02. The largest absolute Gasteiger partial charge is 0.508 e. The van der Waals surface area contributed by atoms with Crippen LogP contribution < -0.4 is 0 Å². The minimum absolute atomic E-state index is 0.0208. The van der Waals surface area contributed by atoms with Gasteiger partial charge in [0.2, 0.25) is 0 Å². The van der Waals surface area contributed by atoms with Crippen LogP contribution in [0.25, 0.3) is 0 Å². The van der Waals surface area contributed by atoms with E-state index in [1.54, 1.807) is 12.5 Å². The predicted molar refractivity (Wildman–Crippen MR) is 41.7 cm³/mol. The molecule has 0 bridgehead atoms. The van der Waals surface area contributed by atoms with E-state index in [1.807, 2.05) is 13.8 Å². The molecule has 2 N–H and O–H groups in total. The van der Waals surface area contributed by atoms with Crippen LogP contribution in [0.3, 0.4) is 0 Å². The smallest absolute Gasteiger partial charge is 0.152 e. The lowest BCUT2D eigenvalue weighted by atomic mass is 10.1. The van der Waals surface area contributed by atoms with E-state index >= 15 is 0 Å². The zero-order valence-corrected chi connectivity index (χ0v) is 6.33. The fourth-order valence-corrected chi connectivity index (χ4v) is 0.540. The van der Waals surface area contributed by atoms with E-state index in [2.05, 4.69) is 0 Å². The van der Waals surface area contributed by atoms with Gasteiger partial charge in [-0.1, -0.05) is 19.9 Å². The minimum Gasteiger partial charge on any atom is -0.508 e. The number of hydrogen-bond acceptors (Lipinski definition) is 2. The van der Waals surface area contributed by atoms with Crippen molar-refractivity contribution in [1.82, 2.24) is 0 Å². The molecule has 2 heteroatoms. The summed E-state index contributed by atoms with van der Waals surface area (Å²) in [5, 5.41) is 17.4. The van der Waals surface area contributed by atoms with Gasteiger partial charge in [-0.2, -0.15) is 0 Å². The Morgan fingerprint density at radius 1 is 1.30 bits per heavy atom. The van der Waals surface area contributed by atoms with Crippen LogP contribution in [0, 0.1) is 6.42 Å². The Morgan fingerprint density at radius 3 is 2.20 bits per heavy atom. The van der Waals surface area contributed by atoms with Gasteiger partial charge in [0.05, 0.1) is 0 Å². The third-order valence-electron chi connectivity index (χ3n) is 0.997. The highest BCUT2D eigenvalue weighted by molar-refractivity contribution is 5.23. The van der Waals surface area contributed by atoms with Crippen LogP contribution in [-0.2, 0) is 0 Å². The van der Waals surface area contributed by atoms with E-state index in [1.165, 1.54) is 6.08 Å². The maximum Gasteiger partial charge on any atom is 0.152 e. The number of allylic oxidation sites excluding steroid dienone is 3.